The largest absolute Gasteiger partial charge is 0.335 e. The van der Waals surface area contributed by atoms with Crippen molar-refractivity contribution >= 4 is 45.5 Å². The Labute approximate surface area is 194 Å². The standard InChI is InChI=1S/C25H22BrN3O3/c1-14-6-5-7-22(16(14)3)29-24(31)21(23(30)27-25(29)32)13-18-12-15(2)28(17(18)4)20-10-8-19(26)9-11-20/h5-13H,1-4H3,(H,27,30,32)/b21-13+. The van der Waals surface area contributed by atoms with Gasteiger partial charge in [-0.2, -0.15) is 0 Å². The Balaban J connectivity index is 1.78. The van der Waals surface area contributed by atoms with Gasteiger partial charge in [0.15, 0.2) is 0 Å². The minimum Gasteiger partial charge on any atom is -0.318 e. The summed E-state index contributed by atoms with van der Waals surface area (Å²) >= 11 is 3.45. The molecular formula is C25H22BrN3O3. The second-order valence-corrected chi connectivity index (χ2v) is 8.73. The Morgan fingerprint density at radius 3 is 2.31 bits per heavy atom. The molecular weight excluding hydrogens is 470 g/mol. The van der Waals surface area contributed by atoms with Crippen LogP contribution in [0.3, 0.4) is 0 Å². The predicted molar refractivity (Wildman–Crippen MR) is 128 cm³/mol. The second kappa shape index (κ2) is 8.24. The number of halogens is 1. The van der Waals surface area contributed by atoms with Crippen LogP contribution in [0.2, 0.25) is 0 Å². The molecule has 1 aromatic heterocycles. The number of anilines is 1. The summed E-state index contributed by atoms with van der Waals surface area (Å²) in [7, 11) is 0. The fraction of sp³-hybridized carbons (Fsp3) is 0.160. The molecule has 6 nitrogen and oxygen atoms in total. The molecule has 0 unspecified atom stereocenters. The highest BCUT2D eigenvalue weighted by Gasteiger charge is 2.37. The number of amides is 4. The van der Waals surface area contributed by atoms with Crippen LogP contribution >= 0.6 is 15.9 Å². The molecule has 2 heterocycles. The zero-order chi connectivity index (χ0) is 23.2. The number of barbiturate groups is 1. The van der Waals surface area contributed by atoms with Gasteiger partial charge in [0.2, 0.25) is 0 Å². The SMILES string of the molecule is Cc1cccc(N2C(=O)NC(=O)/C(=C\c3cc(C)n(-c4ccc(Br)cc4)c3C)C2=O)c1C. The van der Waals surface area contributed by atoms with Gasteiger partial charge in [-0.25, -0.2) is 9.69 Å². The van der Waals surface area contributed by atoms with E-state index in [2.05, 4.69) is 25.8 Å². The van der Waals surface area contributed by atoms with E-state index in [0.29, 0.717) is 5.69 Å². The summed E-state index contributed by atoms with van der Waals surface area (Å²) in [5.41, 5.74) is 5.68. The molecule has 0 bridgehead atoms. The number of hydrogen-bond acceptors (Lipinski definition) is 3. The Morgan fingerprint density at radius 2 is 1.62 bits per heavy atom. The monoisotopic (exact) mass is 491 g/mol. The molecule has 1 saturated heterocycles. The molecule has 0 atom stereocenters. The van der Waals surface area contributed by atoms with E-state index in [4.69, 9.17) is 0 Å². The van der Waals surface area contributed by atoms with Crippen molar-refractivity contribution in [2.75, 3.05) is 4.90 Å². The second-order valence-electron chi connectivity index (χ2n) is 7.82. The minimum atomic E-state index is -0.744. The molecule has 4 rings (SSSR count). The molecule has 0 aliphatic carbocycles. The summed E-state index contributed by atoms with van der Waals surface area (Å²) in [5, 5.41) is 2.30. The first kappa shape index (κ1) is 21.8. The van der Waals surface area contributed by atoms with Crippen LogP contribution in [0.15, 0.2) is 58.6 Å². The zero-order valence-electron chi connectivity index (χ0n) is 18.2. The lowest BCUT2D eigenvalue weighted by molar-refractivity contribution is -0.122. The van der Waals surface area contributed by atoms with Crippen molar-refractivity contribution in [3.63, 3.8) is 0 Å². The van der Waals surface area contributed by atoms with E-state index in [1.165, 1.54) is 0 Å². The van der Waals surface area contributed by atoms with E-state index in [-0.39, 0.29) is 5.57 Å². The van der Waals surface area contributed by atoms with Crippen LogP contribution in [-0.4, -0.2) is 22.4 Å². The third-order valence-corrected chi connectivity index (χ3v) is 6.30. The van der Waals surface area contributed by atoms with E-state index in [9.17, 15) is 14.4 Å². The maximum absolute atomic E-state index is 13.3. The van der Waals surface area contributed by atoms with E-state index in [1.807, 2.05) is 64.1 Å². The number of hydrogen-bond donors (Lipinski definition) is 1. The lowest BCUT2D eigenvalue weighted by Crippen LogP contribution is -2.54. The van der Waals surface area contributed by atoms with Gasteiger partial charge in [-0.1, -0.05) is 28.1 Å². The van der Waals surface area contributed by atoms with Gasteiger partial charge in [0, 0.05) is 21.5 Å². The van der Waals surface area contributed by atoms with Gasteiger partial charge in [-0.05, 0) is 86.9 Å². The molecule has 1 aliphatic rings. The molecule has 0 radical (unpaired) electrons. The number of carbonyl (C=O) groups is 3. The van der Waals surface area contributed by atoms with Crippen LogP contribution in [0.25, 0.3) is 11.8 Å². The average Bonchev–Trinajstić information content (AvgIpc) is 3.02. The Hall–Kier alpha value is -3.45. The number of urea groups is 1. The zero-order valence-corrected chi connectivity index (χ0v) is 19.8. The number of aromatic nitrogens is 1. The maximum atomic E-state index is 13.3. The summed E-state index contributed by atoms with van der Waals surface area (Å²) in [5.74, 6) is -1.34. The molecule has 0 spiro atoms. The number of benzene rings is 2. The summed E-state index contributed by atoms with van der Waals surface area (Å²) < 4.78 is 3.03. The van der Waals surface area contributed by atoms with Crippen LogP contribution in [0.1, 0.15) is 28.1 Å². The van der Waals surface area contributed by atoms with Crippen molar-refractivity contribution in [3.05, 3.63) is 86.7 Å². The van der Waals surface area contributed by atoms with Crippen LogP contribution in [0.4, 0.5) is 10.5 Å². The predicted octanol–water partition coefficient (Wildman–Crippen LogP) is 5.14. The first-order valence-corrected chi connectivity index (χ1v) is 10.9. The van der Waals surface area contributed by atoms with Crippen molar-refractivity contribution in [2.45, 2.75) is 27.7 Å². The highest BCUT2D eigenvalue weighted by atomic mass is 79.9. The highest BCUT2D eigenvalue weighted by molar-refractivity contribution is 9.10. The summed E-state index contributed by atoms with van der Waals surface area (Å²) in [4.78, 5) is 39.5. The van der Waals surface area contributed by atoms with E-state index in [0.717, 1.165) is 43.1 Å². The number of nitrogens with one attached hydrogen (secondary N) is 1. The van der Waals surface area contributed by atoms with Gasteiger partial charge in [-0.15, -0.1) is 0 Å². The van der Waals surface area contributed by atoms with Crippen LogP contribution in [-0.2, 0) is 9.59 Å². The number of carbonyl (C=O) groups excluding carboxylic acids is 3. The molecule has 162 valence electrons. The molecule has 32 heavy (non-hydrogen) atoms. The molecule has 0 saturated carbocycles. The molecule has 7 heteroatoms. The molecule has 1 fully saturated rings. The fourth-order valence-corrected chi connectivity index (χ4v) is 4.20. The lowest BCUT2D eigenvalue weighted by Gasteiger charge is -2.28. The molecule has 2 aromatic carbocycles. The van der Waals surface area contributed by atoms with E-state index < -0.39 is 17.8 Å². The molecule has 4 amide bonds. The van der Waals surface area contributed by atoms with Crippen molar-refractivity contribution in [1.29, 1.82) is 0 Å². The van der Waals surface area contributed by atoms with Gasteiger partial charge in [0.25, 0.3) is 11.8 Å². The number of imide groups is 2. The normalized spacial score (nSPS) is 15.5. The van der Waals surface area contributed by atoms with Crippen molar-refractivity contribution in [3.8, 4) is 5.69 Å². The summed E-state index contributed by atoms with van der Waals surface area (Å²) in [6.07, 6.45) is 1.56. The minimum absolute atomic E-state index is 0.0819. The fourth-order valence-electron chi connectivity index (χ4n) is 3.93. The Morgan fingerprint density at radius 1 is 0.938 bits per heavy atom. The third-order valence-electron chi connectivity index (χ3n) is 5.77. The van der Waals surface area contributed by atoms with E-state index >= 15 is 0 Å². The van der Waals surface area contributed by atoms with Crippen molar-refractivity contribution < 1.29 is 14.4 Å². The van der Waals surface area contributed by atoms with Crippen molar-refractivity contribution in [1.82, 2.24) is 9.88 Å². The smallest absolute Gasteiger partial charge is 0.318 e. The maximum Gasteiger partial charge on any atom is 0.335 e. The van der Waals surface area contributed by atoms with Crippen LogP contribution in [0, 0.1) is 27.7 Å². The highest BCUT2D eigenvalue weighted by Crippen LogP contribution is 2.29. The van der Waals surface area contributed by atoms with Gasteiger partial charge < -0.3 is 4.57 Å². The molecule has 3 aromatic rings. The lowest BCUT2D eigenvalue weighted by atomic mass is 10.0. The topological polar surface area (TPSA) is 71.4 Å². The van der Waals surface area contributed by atoms with Crippen LogP contribution < -0.4 is 10.2 Å². The average molecular weight is 492 g/mol. The van der Waals surface area contributed by atoms with Crippen LogP contribution in [0.5, 0.6) is 0 Å². The van der Waals surface area contributed by atoms with E-state index in [1.54, 1.807) is 18.2 Å². The number of aryl methyl sites for hydroxylation is 2. The first-order chi connectivity index (χ1) is 15.2. The number of rotatable bonds is 3. The van der Waals surface area contributed by atoms with Gasteiger partial charge in [0.1, 0.15) is 5.57 Å². The molecule has 1 N–H and O–H groups in total. The van der Waals surface area contributed by atoms with Gasteiger partial charge in [0.05, 0.1) is 5.69 Å². The summed E-state index contributed by atoms with van der Waals surface area (Å²) in [6, 6.07) is 14.5. The van der Waals surface area contributed by atoms with Gasteiger partial charge >= 0.3 is 6.03 Å². The summed E-state index contributed by atoms with van der Waals surface area (Å²) in [6.45, 7) is 7.65. The van der Waals surface area contributed by atoms with Crippen molar-refractivity contribution in [2.24, 2.45) is 0 Å². The number of nitrogens with zero attached hydrogens (tertiary/aromatic N) is 2. The van der Waals surface area contributed by atoms with Gasteiger partial charge in [-0.3, -0.25) is 14.9 Å². The first-order valence-electron chi connectivity index (χ1n) is 10.1. The Kier molecular flexibility index (Phi) is 5.60. The molecule has 1 aliphatic heterocycles. The third kappa shape index (κ3) is 3.69. The quantitative estimate of drug-likeness (QED) is 0.407. The Bertz CT molecular complexity index is 1300.